The fourth-order valence-electron chi connectivity index (χ4n) is 2.71. The number of carbonyl (C=O) groups excluding carboxylic acids is 1. The number of anilines is 1. The molecule has 0 spiro atoms. The second-order valence-corrected chi connectivity index (χ2v) is 6.31. The first-order chi connectivity index (χ1) is 15.2. The average molecular weight is 417 g/mol. The van der Waals surface area contributed by atoms with E-state index in [1.807, 2.05) is 12.1 Å². The van der Waals surface area contributed by atoms with Crippen molar-refractivity contribution in [2.75, 3.05) is 19.0 Å². The maximum Gasteiger partial charge on any atom is 0.262 e. The molecule has 156 valence electrons. The topological polar surface area (TPSA) is 100 Å². The molecule has 4 rings (SSSR count). The van der Waals surface area contributed by atoms with Gasteiger partial charge in [0.1, 0.15) is 12.1 Å². The zero-order valence-electron chi connectivity index (χ0n) is 16.6. The summed E-state index contributed by atoms with van der Waals surface area (Å²) >= 11 is 0. The van der Waals surface area contributed by atoms with E-state index >= 15 is 0 Å². The fraction of sp³-hybridized carbons (Fsp3) is 0.0909. The van der Waals surface area contributed by atoms with Crippen molar-refractivity contribution >= 4 is 11.6 Å². The quantitative estimate of drug-likeness (QED) is 0.468. The second-order valence-electron chi connectivity index (χ2n) is 6.31. The number of para-hydroxylation sites is 2. The molecule has 4 aromatic rings. The van der Waals surface area contributed by atoms with E-state index in [9.17, 15) is 4.79 Å². The highest BCUT2D eigenvalue weighted by Gasteiger charge is 2.08. The number of hydrogen-bond acceptors (Lipinski definition) is 7. The lowest BCUT2D eigenvalue weighted by Gasteiger charge is -2.11. The number of methoxy groups -OCH3 is 1. The minimum absolute atomic E-state index is 0.141. The van der Waals surface area contributed by atoms with Gasteiger partial charge in [0.15, 0.2) is 23.9 Å². The van der Waals surface area contributed by atoms with Gasteiger partial charge in [-0.25, -0.2) is 4.98 Å². The van der Waals surface area contributed by atoms with Gasteiger partial charge in [-0.1, -0.05) is 12.1 Å². The summed E-state index contributed by atoms with van der Waals surface area (Å²) in [5.41, 5.74) is 0.613. The normalized spacial score (nSPS) is 10.4. The number of rotatable bonds is 8. The van der Waals surface area contributed by atoms with E-state index in [0.29, 0.717) is 34.6 Å². The Morgan fingerprint density at radius 3 is 2.48 bits per heavy atom. The van der Waals surface area contributed by atoms with Crippen LogP contribution in [0.15, 0.2) is 79.4 Å². The van der Waals surface area contributed by atoms with Gasteiger partial charge in [0.05, 0.1) is 7.11 Å². The number of nitrogens with zero attached hydrogens (tertiary/aromatic N) is 4. The predicted molar refractivity (Wildman–Crippen MR) is 113 cm³/mol. The summed E-state index contributed by atoms with van der Waals surface area (Å²) in [6.07, 6.45) is 5.08. The SMILES string of the molecule is COc1ccccc1OCC(=O)Nc1ccc(Oc2ccc(-n3ccnc3)nn2)cc1. The van der Waals surface area contributed by atoms with Gasteiger partial charge < -0.3 is 19.5 Å². The first kappa shape index (κ1) is 19.9. The van der Waals surface area contributed by atoms with E-state index < -0.39 is 0 Å². The molecule has 2 heterocycles. The molecule has 0 aliphatic heterocycles. The van der Waals surface area contributed by atoms with Crippen molar-refractivity contribution in [1.82, 2.24) is 19.7 Å². The van der Waals surface area contributed by atoms with Crippen LogP contribution in [0.1, 0.15) is 0 Å². The number of benzene rings is 2. The Kier molecular flexibility index (Phi) is 6.03. The number of ether oxygens (including phenoxy) is 3. The molecule has 1 N–H and O–H groups in total. The van der Waals surface area contributed by atoms with Gasteiger partial charge in [-0.15, -0.1) is 10.2 Å². The van der Waals surface area contributed by atoms with Gasteiger partial charge in [0.2, 0.25) is 5.88 Å². The standard InChI is InChI=1S/C22H19N5O4/c1-29-18-4-2-3-5-19(18)30-14-21(28)24-16-6-8-17(9-7-16)31-22-11-10-20(25-26-22)27-13-12-23-15-27/h2-13,15H,14H2,1H3,(H,24,28). The van der Waals surface area contributed by atoms with Crippen molar-refractivity contribution < 1.29 is 19.0 Å². The van der Waals surface area contributed by atoms with Gasteiger partial charge in [0, 0.05) is 24.1 Å². The zero-order valence-corrected chi connectivity index (χ0v) is 16.6. The van der Waals surface area contributed by atoms with Crippen molar-refractivity contribution in [2.45, 2.75) is 0 Å². The molecule has 0 saturated carbocycles. The molecule has 0 atom stereocenters. The molecular weight excluding hydrogens is 398 g/mol. The Morgan fingerprint density at radius 1 is 1.00 bits per heavy atom. The van der Waals surface area contributed by atoms with E-state index in [4.69, 9.17) is 14.2 Å². The summed E-state index contributed by atoms with van der Waals surface area (Å²) in [6.45, 7) is -0.141. The number of imidazole rings is 1. The minimum atomic E-state index is -0.291. The van der Waals surface area contributed by atoms with Crippen LogP contribution in [-0.4, -0.2) is 39.4 Å². The largest absolute Gasteiger partial charge is 0.493 e. The van der Waals surface area contributed by atoms with Gasteiger partial charge in [0.25, 0.3) is 5.91 Å². The summed E-state index contributed by atoms with van der Waals surface area (Å²) < 4.78 is 18.2. The molecule has 9 heteroatoms. The monoisotopic (exact) mass is 417 g/mol. The Bertz CT molecular complexity index is 1130. The maximum absolute atomic E-state index is 12.2. The first-order valence-corrected chi connectivity index (χ1v) is 9.37. The molecule has 0 bridgehead atoms. The van der Waals surface area contributed by atoms with E-state index in [1.165, 1.54) is 0 Å². The van der Waals surface area contributed by atoms with Crippen LogP contribution in [-0.2, 0) is 4.79 Å². The molecule has 1 amide bonds. The first-order valence-electron chi connectivity index (χ1n) is 9.37. The summed E-state index contributed by atoms with van der Waals surface area (Å²) in [7, 11) is 1.55. The van der Waals surface area contributed by atoms with Crippen LogP contribution in [0.3, 0.4) is 0 Å². The van der Waals surface area contributed by atoms with E-state index in [1.54, 1.807) is 78.9 Å². The molecular formula is C22H19N5O4. The highest BCUT2D eigenvalue weighted by molar-refractivity contribution is 5.91. The fourth-order valence-corrected chi connectivity index (χ4v) is 2.71. The summed E-state index contributed by atoms with van der Waals surface area (Å²) in [5.74, 6) is 2.33. The van der Waals surface area contributed by atoms with E-state index in [2.05, 4.69) is 20.5 Å². The van der Waals surface area contributed by atoms with Crippen molar-refractivity contribution in [2.24, 2.45) is 0 Å². The summed E-state index contributed by atoms with van der Waals surface area (Å²) in [5, 5.41) is 10.9. The van der Waals surface area contributed by atoms with Crippen LogP contribution in [0, 0.1) is 0 Å². The molecule has 0 aliphatic rings. The lowest BCUT2D eigenvalue weighted by Crippen LogP contribution is -2.20. The third kappa shape index (κ3) is 5.15. The van der Waals surface area contributed by atoms with Crippen molar-refractivity contribution in [3.63, 3.8) is 0 Å². The van der Waals surface area contributed by atoms with Gasteiger partial charge in [-0.2, -0.15) is 0 Å². The lowest BCUT2D eigenvalue weighted by molar-refractivity contribution is -0.118. The predicted octanol–water partition coefficient (Wildman–Crippen LogP) is 3.48. The third-order valence-corrected chi connectivity index (χ3v) is 4.18. The van der Waals surface area contributed by atoms with Gasteiger partial charge in [-0.3, -0.25) is 9.36 Å². The Hall–Kier alpha value is -4.40. The summed E-state index contributed by atoms with van der Waals surface area (Å²) in [6, 6.07) is 17.5. The van der Waals surface area contributed by atoms with Crippen molar-refractivity contribution in [3.05, 3.63) is 79.4 Å². The van der Waals surface area contributed by atoms with Crippen LogP contribution < -0.4 is 19.5 Å². The van der Waals surface area contributed by atoms with Crippen LogP contribution in [0.4, 0.5) is 5.69 Å². The smallest absolute Gasteiger partial charge is 0.262 e. The Balaban J connectivity index is 1.30. The van der Waals surface area contributed by atoms with Crippen LogP contribution in [0.5, 0.6) is 23.1 Å². The number of nitrogens with one attached hydrogen (secondary N) is 1. The molecule has 9 nitrogen and oxygen atoms in total. The maximum atomic E-state index is 12.2. The van der Waals surface area contributed by atoms with Gasteiger partial charge in [-0.05, 0) is 42.5 Å². The highest BCUT2D eigenvalue weighted by atomic mass is 16.5. The average Bonchev–Trinajstić information content (AvgIpc) is 3.35. The zero-order chi connectivity index (χ0) is 21.5. The molecule has 31 heavy (non-hydrogen) atoms. The van der Waals surface area contributed by atoms with Crippen LogP contribution >= 0.6 is 0 Å². The number of carbonyl (C=O) groups is 1. The molecule has 2 aromatic heterocycles. The highest BCUT2D eigenvalue weighted by Crippen LogP contribution is 2.26. The molecule has 0 saturated heterocycles. The Morgan fingerprint density at radius 2 is 1.81 bits per heavy atom. The lowest BCUT2D eigenvalue weighted by atomic mass is 10.3. The molecule has 0 unspecified atom stereocenters. The molecule has 0 radical (unpaired) electrons. The van der Waals surface area contributed by atoms with Gasteiger partial charge >= 0.3 is 0 Å². The molecule has 2 aromatic carbocycles. The Labute approximate surface area is 178 Å². The number of hydrogen-bond donors (Lipinski definition) is 1. The number of aromatic nitrogens is 4. The molecule has 0 aliphatic carbocycles. The van der Waals surface area contributed by atoms with Crippen LogP contribution in [0.25, 0.3) is 5.82 Å². The minimum Gasteiger partial charge on any atom is -0.493 e. The molecule has 0 fully saturated rings. The van der Waals surface area contributed by atoms with E-state index in [0.717, 1.165) is 0 Å². The van der Waals surface area contributed by atoms with E-state index in [-0.39, 0.29) is 12.5 Å². The van der Waals surface area contributed by atoms with Crippen molar-refractivity contribution in [3.8, 4) is 28.9 Å². The van der Waals surface area contributed by atoms with Crippen LogP contribution in [0.2, 0.25) is 0 Å². The van der Waals surface area contributed by atoms with Crippen molar-refractivity contribution in [1.29, 1.82) is 0 Å². The summed E-state index contributed by atoms with van der Waals surface area (Å²) in [4.78, 5) is 16.1. The number of amides is 1. The second kappa shape index (κ2) is 9.40. The third-order valence-electron chi connectivity index (χ3n) is 4.18.